The van der Waals surface area contributed by atoms with Gasteiger partial charge < -0.3 is 10.2 Å². The van der Waals surface area contributed by atoms with Gasteiger partial charge in [-0.25, -0.2) is 0 Å². The largest absolute Gasteiger partial charge is 0.369 e. The number of nitrogens with zero attached hydrogens (tertiary/aromatic N) is 2. The third-order valence-corrected chi connectivity index (χ3v) is 5.81. The molecule has 0 spiro atoms. The Balaban J connectivity index is 1.46. The number of anilines is 2. The molecule has 3 rings (SSSR count). The van der Waals surface area contributed by atoms with Gasteiger partial charge in [0.05, 0.1) is 0 Å². The molecule has 1 N–H and O–H groups in total. The molecule has 1 amide bonds. The minimum absolute atomic E-state index is 0.0341. The average molecular weight is 386 g/mol. The smallest absolute Gasteiger partial charge is 0.225 e. The number of carbonyl (C=O) groups is 1. The van der Waals surface area contributed by atoms with Crippen molar-refractivity contribution in [2.24, 2.45) is 0 Å². The highest BCUT2D eigenvalue weighted by atomic mass is 35.5. The van der Waals surface area contributed by atoms with E-state index in [1.165, 1.54) is 16.8 Å². The predicted octanol–water partition coefficient (Wildman–Crippen LogP) is 4.42. The van der Waals surface area contributed by atoms with Crippen LogP contribution >= 0.6 is 11.6 Å². The van der Waals surface area contributed by atoms with E-state index in [-0.39, 0.29) is 5.91 Å². The highest BCUT2D eigenvalue weighted by Gasteiger charge is 2.19. The van der Waals surface area contributed by atoms with Crippen molar-refractivity contribution >= 4 is 28.9 Å². The average Bonchev–Trinajstić information content (AvgIpc) is 2.66. The van der Waals surface area contributed by atoms with Gasteiger partial charge in [-0.15, -0.1) is 0 Å². The first kappa shape index (κ1) is 19.7. The second-order valence-electron chi connectivity index (χ2n) is 7.31. The lowest BCUT2D eigenvalue weighted by atomic mass is 10.1. The Bertz CT molecular complexity index is 813. The Kier molecular flexibility index (Phi) is 6.40. The molecule has 0 unspecified atom stereocenters. The summed E-state index contributed by atoms with van der Waals surface area (Å²) in [7, 11) is 0. The van der Waals surface area contributed by atoms with Crippen LogP contribution in [0.15, 0.2) is 36.4 Å². The summed E-state index contributed by atoms with van der Waals surface area (Å²) in [5.41, 5.74) is 5.81. The summed E-state index contributed by atoms with van der Waals surface area (Å²) in [5, 5.41) is 3.61. The van der Waals surface area contributed by atoms with Crippen molar-refractivity contribution in [1.82, 2.24) is 4.90 Å². The van der Waals surface area contributed by atoms with Crippen LogP contribution in [0.5, 0.6) is 0 Å². The second kappa shape index (κ2) is 8.77. The number of nitrogens with one attached hydrogen (secondary N) is 1. The molecule has 0 saturated carbocycles. The molecule has 0 atom stereocenters. The molecule has 5 heteroatoms. The van der Waals surface area contributed by atoms with Crippen LogP contribution in [0.1, 0.15) is 23.1 Å². The molecule has 4 nitrogen and oxygen atoms in total. The minimum atomic E-state index is 0.0341. The van der Waals surface area contributed by atoms with Gasteiger partial charge in [0.15, 0.2) is 0 Å². The van der Waals surface area contributed by atoms with E-state index in [0.29, 0.717) is 11.4 Å². The molecule has 27 heavy (non-hydrogen) atoms. The monoisotopic (exact) mass is 385 g/mol. The van der Waals surface area contributed by atoms with E-state index in [0.717, 1.165) is 44.0 Å². The number of aryl methyl sites for hydroxylation is 2. The molecule has 2 aromatic carbocycles. The SMILES string of the molecule is Cc1ccc(NC(=O)CCN2CCN(c3cccc(C)c3C)CC2)cc1Cl. The molecule has 1 heterocycles. The van der Waals surface area contributed by atoms with Crippen molar-refractivity contribution in [3.8, 4) is 0 Å². The number of benzene rings is 2. The summed E-state index contributed by atoms with van der Waals surface area (Å²) in [4.78, 5) is 17.0. The summed E-state index contributed by atoms with van der Waals surface area (Å²) < 4.78 is 0. The molecule has 0 aliphatic carbocycles. The molecule has 0 radical (unpaired) electrons. The number of piperazine rings is 1. The molecule has 1 fully saturated rings. The van der Waals surface area contributed by atoms with E-state index in [9.17, 15) is 4.79 Å². The van der Waals surface area contributed by atoms with Crippen molar-refractivity contribution in [2.45, 2.75) is 27.2 Å². The van der Waals surface area contributed by atoms with Crippen molar-refractivity contribution in [3.63, 3.8) is 0 Å². The fourth-order valence-electron chi connectivity index (χ4n) is 3.44. The Morgan fingerprint density at radius 2 is 1.78 bits per heavy atom. The quantitative estimate of drug-likeness (QED) is 0.827. The summed E-state index contributed by atoms with van der Waals surface area (Å²) in [5.74, 6) is 0.0341. The molecule has 0 aromatic heterocycles. The van der Waals surface area contributed by atoms with Crippen LogP contribution in [0.3, 0.4) is 0 Å². The van der Waals surface area contributed by atoms with Crippen molar-refractivity contribution in [2.75, 3.05) is 42.9 Å². The van der Waals surface area contributed by atoms with Gasteiger partial charge in [0.2, 0.25) is 5.91 Å². The number of amides is 1. The number of halogens is 1. The van der Waals surface area contributed by atoms with Crippen LogP contribution in [0, 0.1) is 20.8 Å². The van der Waals surface area contributed by atoms with Gasteiger partial charge in [-0.3, -0.25) is 9.69 Å². The summed E-state index contributed by atoms with van der Waals surface area (Å²) in [6.07, 6.45) is 0.495. The predicted molar refractivity (Wildman–Crippen MR) is 114 cm³/mol. The molecule has 2 aromatic rings. The van der Waals surface area contributed by atoms with Crippen LogP contribution in [0.4, 0.5) is 11.4 Å². The lowest BCUT2D eigenvalue weighted by molar-refractivity contribution is -0.116. The van der Waals surface area contributed by atoms with Gasteiger partial charge in [0.25, 0.3) is 0 Å². The third-order valence-electron chi connectivity index (χ3n) is 5.40. The zero-order valence-corrected chi connectivity index (χ0v) is 17.1. The summed E-state index contributed by atoms with van der Waals surface area (Å²) >= 11 is 6.12. The van der Waals surface area contributed by atoms with Gasteiger partial charge in [-0.05, 0) is 55.7 Å². The van der Waals surface area contributed by atoms with Crippen molar-refractivity contribution in [1.29, 1.82) is 0 Å². The fourth-order valence-corrected chi connectivity index (χ4v) is 3.62. The number of rotatable bonds is 5. The van der Waals surface area contributed by atoms with E-state index in [1.807, 2.05) is 19.1 Å². The molecular weight excluding hydrogens is 358 g/mol. The Hall–Kier alpha value is -2.04. The van der Waals surface area contributed by atoms with Gasteiger partial charge in [0, 0.05) is 55.5 Å². The molecular formula is C22H28ClN3O. The molecule has 1 saturated heterocycles. The third kappa shape index (κ3) is 5.02. The zero-order valence-electron chi connectivity index (χ0n) is 16.4. The van der Waals surface area contributed by atoms with Crippen LogP contribution in [0.25, 0.3) is 0 Å². The first-order valence-corrected chi connectivity index (χ1v) is 9.91. The van der Waals surface area contributed by atoms with Crippen LogP contribution in [-0.4, -0.2) is 43.5 Å². The van der Waals surface area contributed by atoms with Gasteiger partial charge >= 0.3 is 0 Å². The summed E-state index contributed by atoms with van der Waals surface area (Å²) in [6.45, 7) is 11.1. The number of carbonyl (C=O) groups excluding carboxylic acids is 1. The maximum atomic E-state index is 12.2. The number of hydrogen-bond acceptors (Lipinski definition) is 3. The van der Waals surface area contributed by atoms with Crippen molar-refractivity contribution in [3.05, 3.63) is 58.1 Å². The first-order chi connectivity index (χ1) is 12.9. The molecule has 0 bridgehead atoms. The van der Waals surface area contributed by atoms with Crippen LogP contribution < -0.4 is 10.2 Å². The number of hydrogen-bond donors (Lipinski definition) is 1. The van der Waals surface area contributed by atoms with Crippen molar-refractivity contribution < 1.29 is 4.79 Å². The minimum Gasteiger partial charge on any atom is -0.369 e. The lowest BCUT2D eigenvalue weighted by Crippen LogP contribution is -2.47. The van der Waals surface area contributed by atoms with E-state index < -0.39 is 0 Å². The van der Waals surface area contributed by atoms with E-state index in [1.54, 1.807) is 6.07 Å². The van der Waals surface area contributed by atoms with Crippen LogP contribution in [0.2, 0.25) is 5.02 Å². The zero-order chi connectivity index (χ0) is 19.4. The topological polar surface area (TPSA) is 35.6 Å². The highest BCUT2D eigenvalue weighted by Crippen LogP contribution is 2.24. The first-order valence-electron chi connectivity index (χ1n) is 9.53. The molecule has 144 valence electrons. The Morgan fingerprint density at radius 3 is 2.48 bits per heavy atom. The maximum absolute atomic E-state index is 12.2. The van der Waals surface area contributed by atoms with E-state index >= 15 is 0 Å². The Labute approximate surface area is 167 Å². The lowest BCUT2D eigenvalue weighted by Gasteiger charge is -2.37. The maximum Gasteiger partial charge on any atom is 0.225 e. The molecule has 1 aliphatic rings. The van der Waals surface area contributed by atoms with Gasteiger partial charge in [0.1, 0.15) is 0 Å². The highest BCUT2D eigenvalue weighted by molar-refractivity contribution is 6.31. The van der Waals surface area contributed by atoms with Crippen LogP contribution in [-0.2, 0) is 4.79 Å². The fraction of sp³-hybridized carbons (Fsp3) is 0.409. The second-order valence-corrected chi connectivity index (χ2v) is 7.72. The standard InChI is InChI=1S/C22H28ClN3O/c1-16-5-4-6-21(18(16)3)26-13-11-25(12-14-26)10-9-22(27)24-19-8-7-17(2)20(23)15-19/h4-8,15H,9-14H2,1-3H3,(H,24,27). The summed E-state index contributed by atoms with van der Waals surface area (Å²) in [6, 6.07) is 12.1. The normalized spacial score (nSPS) is 15.0. The molecule has 1 aliphatic heterocycles. The van der Waals surface area contributed by atoms with Gasteiger partial charge in [-0.1, -0.05) is 29.8 Å². The van der Waals surface area contributed by atoms with E-state index in [4.69, 9.17) is 11.6 Å². The van der Waals surface area contributed by atoms with E-state index in [2.05, 4.69) is 47.2 Å². The Morgan fingerprint density at radius 1 is 1.04 bits per heavy atom. The van der Waals surface area contributed by atoms with Gasteiger partial charge in [-0.2, -0.15) is 0 Å².